The van der Waals surface area contributed by atoms with Gasteiger partial charge in [-0.15, -0.1) is 0 Å². The molecule has 1 aliphatic heterocycles. The lowest BCUT2D eigenvalue weighted by atomic mass is 10.1. The Morgan fingerprint density at radius 3 is 2.65 bits per heavy atom. The molecule has 136 valence electrons. The molecule has 0 saturated carbocycles. The minimum Gasteiger partial charge on any atom is -0.370 e. The molecule has 0 spiro atoms. The zero-order chi connectivity index (χ0) is 18.2. The molecule has 1 atom stereocenters. The summed E-state index contributed by atoms with van der Waals surface area (Å²) in [6.45, 7) is 6.47. The molecule has 26 heavy (non-hydrogen) atoms. The van der Waals surface area contributed by atoms with E-state index < -0.39 is 0 Å². The number of rotatable bonds is 6. The van der Waals surface area contributed by atoms with Crippen molar-refractivity contribution in [2.75, 3.05) is 32.8 Å². The summed E-state index contributed by atoms with van der Waals surface area (Å²) in [6.07, 6.45) is 3.49. The molecule has 0 bridgehead atoms. The number of ether oxygens (including phenoxy) is 1. The number of aryl methyl sites for hydroxylation is 1. The lowest BCUT2D eigenvalue weighted by molar-refractivity contribution is -0.909. The molecule has 1 amide bonds. The van der Waals surface area contributed by atoms with Gasteiger partial charge >= 0.3 is 0 Å². The fourth-order valence-electron chi connectivity index (χ4n) is 3.26. The summed E-state index contributed by atoms with van der Waals surface area (Å²) in [5.41, 5.74) is 3.37. The highest BCUT2D eigenvalue weighted by Crippen LogP contribution is 2.11. The SMILES string of the molecule is Cc1cccc(/C=C/C(=O)N[C@H](C[NH+]2CCOCC2)c2ccccc2)c1. The zero-order valence-corrected chi connectivity index (χ0v) is 15.3. The van der Waals surface area contributed by atoms with Crippen LogP contribution in [0, 0.1) is 6.92 Å². The molecule has 1 aliphatic rings. The van der Waals surface area contributed by atoms with E-state index in [-0.39, 0.29) is 11.9 Å². The van der Waals surface area contributed by atoms with Gasteiger partial charge in [0.05, 0.1) is 13.2 Å². The number of nitrogens with one attached hydrogen (secondary N) is 2. The second-order valence-electron chi connectivity index (χ2n) is 6.79. The molecular weight excluding hydrogens is 324 g/mol. The first-order valence-corrected chi connectivity index (χ1v) is 9.22. The van der Waals surface area contributed by atoms with Crippen molar-refractivity contribution < 1.29 is 14.4 Å². The second kappa shape index (κ2) is 9.32. The number of carbonyl (C=O) groups excluding carboxylic acids is 1. The van der Waals surface area contributed by atoms with E-state index in [4.69, 9.17) is 4.74 Å². The second-order valence-corrected chi connectivity index (χ2v) is 6.79. The average molecular weight is 351 g/mol. The van der Waals surface area contributed by atoms with Crippen LogP contribution in [0.2, 0.25) is 0 Å². The van der Waals surface area contributed by atoms with Crippen LogP contribution in [0.3, 0.4) is 0 Å². The highest BCUT2D eigenvalue weighted by Gasteiger charge is 2.22. The first-order chi connectivity index (χ1) is 12.7. The topological polar surface area (TPSA) is 42.8 Å². The van der Waals surface area contributed by atoms with Crippen LogP contribution in [0.5, 0.6) is 0 Å². The highest BCUT2D eigenvalue weighted by atomic mass is 16.5. The Hall–Kier alpha value is -2.43. The van der Waals surface area contributed by atoms with Crippen molar-refractivity contribution in [3.05, 3.63) is 77.4 Å². The van der Waals surface area contributed by atoms with E-state index in [1.54, 1.807) is 6.08 Å². The zero-order valence-electron chi connectivity index (χ0n) is 15.3. The third-order valence-corrected chi connectivity index (χ3v) is 4.68. The number of amides is 1. The predicted octanol–water partition coefficient (Wildman–Crippen LogP) is 1.78. The van der Waals surface area contributed by atoms with Gasteiger partial charge in [0.25, 0.3) is 0 Å². The Labute approximate surface area is 155 Å². The van der Waals surface area contributed by atoms with Gasteiger partial charge in [-0.3, -0.25) is 4.79 Å². The van der Waals surface area contributed by atoms with Crippen LogP contribution in [0.15, 0.2) is 60.7 Å². The smallest absolute Gasteiger partial charge is 0.244 e. The van der Waals surface area contributed by atoms with E-state index in [1.165, 1.54) is 10.5 Å². The molecule has 0 aromatic heterocycles. The summed E-state index contributed by atoms with van der Waals surface area (Å²) in [5.74, 6) is -0.0620. The summed E-state index contributed by atoms with van der Waals surface area (Å²) in [7, 11) is 0. The van der Waals surface area contributed by atoms with Gasteiger partial charge in [0, 0.05) is 6.08 Å². The maximum atomic E-state index is 12.5. The summed E-state index contributed by atoms with van der Waals surface area (Å²) in [6, 6.07) is 18.3. The monoisotopic (exact) mass is 351 g/mol. The molecule has 1 saturated heterocycles. The first kappa shape index (κ1) is 18.4. The van der Waals surface area contributed by atoms with E-state index in [0.29, 0.717) is 0 Å². The number of carbonyl (C=O) groups is 1. The Kier molecular flexibility index (Phi) is 6.58. The van der Waals surface area contributed by atoms with Crippen LogP contribution in [0.1, 0.15) is 22.7 Å². The van der Waals surface area contributed by atoms with Crippen LogP contribution in [-0.4, -0.2) is 38.8 Å². The highest BCUT2D eigenvalue weighted by molar-refractivity contribution is 5.92. The molecule has 1 fully saturated rings. The number of hydrogen-bond donors (Lipinski definition) is 2. The summed E-state index contributed by atoms with van der Waals surface area (Å²) < 4.78 is 5.45. The molecule has 4 heteroatoms. The standard InChI is InChI=1S/C22H26N2O2/c1-18-6-5-7-19(16-18)10-11-22(25)23-21(20-8-3-2-4-9-20)17-24-12-14-26-15-13-24/h2-11,16,21H,12-15,17H2,1H3,(H,23,25)/p+1/b11-10+/t21-/m1/s1. The normalized spacial score (nSPS) is 16.5. The molecule has 2 N–H and O–H groups in total. The van der Waals surface area contributed by atoms with Crippen molar-refractivity contribution >= 4 is 12.0 Å². The molecule has 2 aromatic rings. The fraction of sp³-hybridized carbons (Fsp3) is 0.318. The van der Waals surface area contributed by atoms with E-state index in [2.05, 4.69) is 23.5 Å². The Balaban J connectivity index is 1.67. The number of benzene rings is 2. The third kappa shape index (κ3) is 5.55. The lowest BCUT2D eigenvalue weighted by Crippen LogP contribution is -3.14. The summed E-state index contributed by atoms with van der Waals surface area (Å²) >= 11 is 0. The molecule has 1 heterocycles. The first-order valence-electron chi connectivity index (χ1n) is 9.22. The minimum atomic E-state index is -0.0620. The van der Waals surface area contributed by atoms with E-state index in [9.17, 15) is 4.79 Å². The number of morpholine rings is 1. The fourth-order valence-corrected chi connectivity index (χ4v) is 3.26. The van der Waals surface area contributed by atoms with Crippen LogP contribution in [0.25, 0.3) is 6.08 Å². The van der Waals surface area contributed by atoms with Crippen molar-refractivity contribution in [1.82, 2.24) is 5.32 Å². The van der Waals surface area contributed by atoms with Gasteiger partial charge in [-0.2, -0.15) is 0 Å². The van der Waals surface area contributed by atoms with Gasteiger partial charge in [0.15, 0.2) is 0 Å². The number of quaternary nitrogens is 1. The predicted molar refractivity (Wildman–Crippen MR) is 104 cm³/mol. The van der Waals surface area contributed by atoms with Crippen LogP contribution in [0.4, 0.5) is 0 Å². The van der Waals surface area contributed by atoms with Gasteiger partial charge in [0.1, 0.15) is 25.7 Å². The van der Waals surface area contributed by atoms with E-state index in [0.717, 1.165) is 44.0 Å². The van der Waals surface area contributed by atoms with Gasteiger partial charge in [-0.1, -0.05) is 60.2 Å². The average Bonchev–Trinajstić information content (AvgIpc) is 2.67. The van der Waals surface area contributed by atoms with Gasteiger partial charge in [-0.25, -0.2) is 0 Å². The molecule has 4 nitrogen and oxygen atoms in total. The van der Waals surface area contributed by atoms with Crippen molar-refractivity contribution in [2.24, 2.45) is 0 Å². The number of hydrogen-bond acceptors (Lipinski definition) is 2. The maximum Gasteiger partial charge on any atom is 0.244 e. The molecule has 0 aliphatic carbocycles. The molecule has 2 aromatic carbocycles. The Bertz CT molecular complexity index is 737. The molecule has 3 rings (SSSR count). The minimum absolute atomic E-state index is 0.000963. The van der Waals surface area contributed by atoms with Gasteiger partial charge < -0.3 is 15.0 Å². The maximum absolute atomic E-state index is 12.5. The van der Waals surface area contributed by atoms with Gasteiger partial charge in [-0.05, 0) is 24.1 Å². The lowest BCUT2D eigenvalue weighted by Gasteiger charge is -2.28. The van der Waals surface area contributed by atoms with E-state index >= 15 is 0 Å². The van der Waals surface area contributed by atoms with Crippen molar-refractivity contribution in [2.45, 2.75) is 13.0 Å². The largest absolute Gasteiger partial charge is 0.370 e. The summed E-state index contributed by atoms with van der Waals surface area (Å²) in [4.78, 5) is 14.0. The van der Waals surface area contributed by atoms with Crippen LogP contribution in [-0.2, 0) is 9.53 Å². The Morgan fingerprint density at radius 2 is 1.92 bits per heavy atom. The van der Waals surface area contributed by atoms with Crippen molar-refractivity contribution in [3.8, 4) is 0 Å². The third-order valence-electron chi connectivity index (χ3n) is 4.68. The van der Waals surface area contributed by atoms with Gasteiger partial charge in [0.2, 0.25) is 5.91 Å². The van der Waals surface area contributed by atoms with E-state index in [1.807, 2.05) is 49.4 Å². The van der Waals surface area contributed by atoms with Crippen LogP contribution >= 0.6 is 0 Å². The molecule has 0 radical (unpaired) electrons. The molecular formula is C22H27N2O2+. The molecule has 0 unspecified atom stereocenters. The quantitative estimate of drug-likeness (QED) is 0.779. The van der Waals surface area contributed by atoms with Crippen molar-refractivity contribution in [1.29, 1.82) is 0 Å². The van der Waals surface area contributed by atoms with Crippen LogP contribution < -0.4 is 10.2 Å². The van der Waals surface area contributed by atoms with Crippen molar-refractivity contribution in [3.63, 3.8) is 0 Å². The Morgan fingerprint density at radius 1 is 1.15 bits per heavy atom. The summed E-state index contributed by atoms with van der Waals surface area (Å²) in [5, 5.41) is 3.18.